The van der Waals surface area contributed by atoms with Gasteiger partial charge >= 0.3 is 0 Å². The molecular formula is C15H22ClIOSi. The minimum atomic E-state index is 0.198. The molecule has 0 aliphatic heterocycles. The molecule has 1 fully saturated rings. The summed E-state index contributed by atoms with van der Waals surface area (Å²) in [6.07, 6.45) is 6.73. The Hall–Kier alpha value is 0.417. The number of halogens is 2. The molecule has 106 valence electrons. The second-order valence-electron chi connectivity index (χ2n) is 5.29. The summed E-state index contributed by atoms with van der Waals surface area (Å²) in [5, 5.41) is 0.833. The molecule has 2 rings (SSSR count). The van der Waals surface area contributed by atoms with Crippen LogP contribution in [0.2, 0.25) is 11.1 Å². The Labute approximate surface area is 136 Å². The van der Waals surface area contributed by atoms with E-state index in [-0.39, 0.29) is 7.02 Å². The van der Waals surface area contributed by atoms with Crippen LogP contribution < -0.4 is 0 Å². The van der Waals surface area contributed by atoms with Crippen LogP contribution in [-0.4, -0.2) is 19.7 Å². The van der Waals surface area contributed by atoms with Crippen LogP contribution >= 0.6 is 33.4 Å². The van der Waals surface area contributed by atoms with Crippen molar-refractivity contribution in [3.8, 4) is 0 Å². The van der Waals surface area contributed by atoms with Crippen LogP contribution in [0.4, 0.5) is 0 Å². The summed E-state index contributed by atoms with van der Waals surface area (Å²) < 4.78 is 5.99. The van der Waals surface area contributed by atoms with Crippen molar-refractivity contribution in [2.24, 2.45) is 0 Å². The highest BCUT2D eigenvalue weighted by Crippen LogP contribution is 2.34. The third-order valence-corrected chi connectivity index (χ3v) is 7.20. The van der Waals surface area contributed by atoms with E-state index in [1.165, 1.54) is 43.7 Å². The van der Waals surface area contributed by atoms with Crippen molar-refractivity contribution in [2.45, 2.75) is 50.2 Å². The second-order valence-corrected chi connectivity index (χ2v) is 10.0. The molecule has 1 aromatic rings. The van der Waals surface area contributed by atoms with Gasteiger partial charge in [-0.3, -0.25) is 0 Å². The van der Waals surface area contributed by atoms with Crippen LogP contribution in [-0.2, 0) is 4.74 Å². The molecule has 0 aromatic heterocycles. The van der Waals surface area contributed by atoms with Gasteiger partial charge in [0.25, 0.3) is 0 Å². The molecule has 19 heavy (non-hydrogen) atoms. The highest BCUT2D eigenvalue weighted by molar-refractivity contribution is 14.1. The number of ether oxygens (including phenoxy) is 1. The van der Waals surface area contributed by atoms with Crippen LogP contribution in [0.3, 0.4) is 0 Å². The quantitative estimate of drug-likeness (QED) is 0.287. The zero-order chi connectivity index (χ0) is 13.5. The number of benzene rings is 1. The normalized spacial score (nSPS) is 24.1. The van der Waals surface area contributed by atoms with E-state index in [2.05, 4.69) is 33.9 Å². The summed E-state index contributed by atoms with van der Waals surface area (Å²) in [6, 6.07) is 9.79. The maximum atomic E-state index is 5.99. The van der Waals surface area contributed by atoms with Gasteiger partial charge in [0.15, 0.2) is 0 Å². The summed E-state index contributed by atoms with van der Waals surface area (Å²) in [7, 11) is 0.198. The number of hydrogen-bond acceptors (Lipinski definition) is 1. The van der Waals surface area contributed by atoms with Crippen molar-refractivity contribution in [3.05, 3.63) is 34.9 Å². The van der Waals surface area contributed by atoms with E-state index in [9.17, 15) is 0 Å². The molecule has 0 amide bonds. The summed E-state index contributed by atoms with van der Waals surface area (Å²) in [5.74, 6) is 0.707. The maximum absolute atomic E-state index is 5.99. The molecule has 0 unspecified atom stereocenters. The van der Waals surface area contributed by atoms with Crippen molar-refractivity contribution in [1.29, 1.82) is 0 Å². The van der Waals surface area contributed by atoms with E-state index in [4.69, 9.17) is 16.3 Å². The first-order valence-electron chi connectivity index (χ1n) is 7.22. The van der Waals surface area contributed by atoms with E-state index in [0.29, 0.717) is 12.0 Å². The predicted molar refractivity (Wildman–Crippen MR) is 94.4 cm³/mol. The van der Waals surface area contributed by atoms with Gasteiger partial charge in [0.05, 0.1) is 13.1 Å². The van der Waals surface area contributed by atoms with E-state index < -0.39 is 0 Å². The first kappa shape index (κ1) is 15.8. The molecular weight excluding hydrogens is 387 g/mol. The van der Waals surface area contributed by atoms with E-state index >= 15 is 0 Å². The highest BCUT2D eigenvalue weighted by Gasteiger charge is 2.22. The third kappa shape index (κ3) is 5.36. The first-order chi connectivity index (χ1) is 9.29. The summed E-state index contributed by atoms with van der Waals surface area (Å²) in [5.41, 5.74) is 1.44. The molecule has 0 spiro atoms. The minimum absolute atomic E-state index is 0.198. The van der Waals surface area contributed by atoms with Crippen molar-refractivity contribution in [3.63, 3.8) is 0 Å². The lowest BCUT2D eigenvalue weighted by Gasteiger charge is -2.29. The fourth-order valence-electron chi connectivity index (χ4n) is 2.74. The van der Waals surface area contributed by atoms with Gasteiger partial charge in [0, 0.05) is 11.6 Å². The molecule has 4 heteroatoms. The van der Waals surface area contributed by atoms with E-state index in [1.54, 1.807) is 0 Å². The molecule has 0 atom stereocenters. The average molecular weight is 409 g/mol. The zero-order valence-corrected chi connectivity index (χ0v) is 15.6. The van der Waals surface area contributed by atoms with Crippen LogP contribution in [0.15, 0.2) is 24.3 Å². The molecule has 1 nitrogen and oxygen atoms in total. The summed E-state index contributed by atoms with van der Waals surface area (Å²) in [6.45, 7) is 0.978. The van der Waals surface area contributed by atoms with Gasteiger partial charge in [-0.1, -0.05) is 29.8 Å². The topological polar surface area (TPSA) is 9.23 Å². The van der Waals surface area contributed by atoms with Crippen molar-refractivity contribution in [1.82, 2.24) is 0 Å². The van der Waals surface area contributed by atoms with Gasteiger partial charge in [-0.2, -0.15) is 0 Å². The van der Waals surface area contributed by atoms with Crippen LogP contribution in [0.25, 0.3) is 0 Å². The lowest BCUT2D eigenvalue weighted by Crippen LogP contribution is -2.21. The number of hydrogen-bond donors (Lipinski definition) is 0. The summed E-state index contributed by atoms with van der Waals surface area (Å²) in [4.78, 5) is 0. The average Bonchev–Trinajstić information content (AvgIpc) is 2.45. The van der Waals surface area contributed by atoms with Gasteiger partial charge in [0.1, 0.15) is 0 Å². The second kappa shape index (κ2) is 8.65. The molecule has 0 bridgehead atoms. The zero-order valence-electron chi connectivity index (χ0n) is 11.3. The Morgan fingerprint density at radius 3 is 2.47 bits per heavy atom. The minimum Gasteiger partial charge on any atom is -0.378 e. The van der Waals surface area contributed by atoms with Gasteiger partial charge in [-0.15, -0.1) is 21.8 Å². The SMILES string of the molecule is Clc1ccc(C2CCC(OCCC[SiH2]I)CC2)cc1. The summed E-state index contributed by atoms with van der Waals surface area (Å²) >= 11 is 8.51. The highest BCUT2D eigenvalue weighted by atomic mass is 127. The Kier molecular flexibility index (Phi) is 7.19. The Bertz CT molecular complexity index is 363. The molecule has 1 saturated carbocycles. The molecule has 1 aromatic carbocycles. The fourth-order valence-corrected chi connectivity index (χ4v) is 4.88. The van der Waals surface area contributed by atoms with Crippen molar-refractivity contribution in [2.75, 3.05) is 6.61 Å². The van der Waals surface area contributed by atoms with E-state index in [0.717, 1.165) is 11.6 Å². The van der Waals surface area contributed by atoms with Crippen LogP contribution in [0.1, 0.15) is 43.6 Å². The molecule has 1 aliphatic carbocycles. The van der Waals surface area contributed by atoms with Gasteiger partial charge < -0.3 is 4.74 Å². The molecule has 0 heterocycles. The van der Waals surface area contributed by atoms with Crippen molar-refractivity contribution >= 4 is 40.4 Å². The Balaban J connectivity index is 1.71. The molecule has 0 radical (unpaired) electrons. The lowest BCUT2D eigenvalue weighted by atomic mass is 9.83. The molecule has 0 N–H and O–H groups in total. The smallest absolute Gasteiger partial charge is 0.0938 e. The predicted octanol–water partition coefficient (Wildman–Crippen LogP) is 4.71. The first-order valence-corrected chi connectivity index (χ1v) is 13.7. The van der Waals surface area contributed by atoms with Gasteiger partial charge in [-0.05, 0) is 55.7 Å². The Morgan fingerprint density at radius 1 is 1.16 bits per heavy atom. The largest absolute Gasteiger partial charge is 0.378 e. The molecule has 0 saturated heterocycles. The fraction of sp³-hybridized carbons (Fsp3) is 0.600. The van der Waals surface area contributed by atoms with Gasteiger partial charge in [-0.25, -0.2) is 0 Å². The van der Waals surface area contributed by atoms with Crippen LogP contribution in [0.5, 0.6) is 0 Å². The maximum Gasteiger partial charge on any atom is 0.0938 e. The van der Waals surface area contributed by atoms with Gasteiger partial charge in [0.2, 0.25) is 0 Å². The third-order valence-electron chi connectivity index (χ3n) is 3.90. The standard InChI is InChI=1S/C15H22ClIOSi/c16-14-6-2-12(3-7-14)13-4-8-15(9-5-13)18-10-1-11-19-17/h2-3,6-7,13,15H,1,4-5,8-11,19H2. The number of rotatable bonds is 6. The monoisotopic (exact) mass is 408 g/mol. The van der Waals surface area contributed by atoms with Crippen LogP contribution in [0, 0.1) is 0 Å². The lowest BCUT2D eigenvalue weighted by molar-refractivity contribution is 0.0252. The molecule has 1 aliphatic rings. The van der Waals surface area contributed by atoms with E-state index in [1.807, 2.05) is 12.1 Å². The van der Waals surface area contributed by atoms with Crippen molar-refractivity contribution < 1.29 is 4.74 Å². The Morgan fingerprint density at radius 2 is 1.84 bits per heavy atom.